The van der Waals surface area contributed by atoms with Crippen LogP contribution < -0.4 is 19.6 Å². The minimum absolute atomic E-state index is 0. The van der Waals surface area contributed by atoms with Crippen molar-refractivity contribution in [2.24, 2.45) is 0 Å². The molecule has 310 valence electrons. The molecule has 12 nitrogen and oxygen atoms in total. The lowest BCUT2D eigenvalue weighted by molar-refractivity contribution is -0.145. The van der Waals surface area contributed by atoms with Crippen molar-refractivity contribution in [1.29, 1.82) is 0 Å². The molecule has 0 aliphatic carbocycles. The third kappa shape index (κ3) is 9.63. The summed E-state index contributed by atoms with van der Waals surface area (Å²) in [4.78, 5) is 46.3. The lowest BCUT2D eigenvalue weighted by atomic mass is 9.71. The van der Waals surface area contributed by atoms with Crippen LogP contribution in [0, 0.1) is 11.6 Å². The number of nitrogens with one attached hydrogen (secondary N) is 1. The molecule has 3 aromatic carbocycles. The summed E-state index contributed by atoms with van der Waals surface area (Å²) in [6.07, 6.45) is 2.34. The lowest BCUT2D eigenvalue weighted by Crippen LogP contribution is -2.59. The molecule has 2 amide bonds. The standard InChI is InChI=1S/C42H53F2N5O7.ClH/c1-5-56-37(50)28-47-21-23-49(24-22-47)45-40(52)42(31-9-7-6-8-10-31)15-18-46(19-16-42)17-13-41(32-11-12-33(43)34(44)27-32)14-20-48(29-41)39(51)30-25-35(53-2)38(55-4)36(26-30)54-3;/h6-12,25-27H,5,13-24,28-29H2,1-4H3,(H,45,52);1H/t41-;/m1./s1. The molecule has 0 saturated carbocycles. The van der Waals surface area contributed by atoms with Crippen molar-refractivity contribution in [3.05, 3.63) is 89.0 Å². The van der Waals surface area contributed by atoms with Crippen LogP contribution in [0.25, 0.3) is 0 Å². The second-order valence-corrected chi connectivity index (χ2v) is 14.8. The predicted molar refractivity (Wildman–Crippen MR) is 213 cm³/mol. The van der Waals surface area contributed by atoms with Gasteiger partial charge in [0.1, 0.15) is 0 Å². The Bertz CT molecular complexity index is 1830. The Morgan fingerprint density at radius 1 is 0.754 bits per heavy atom. The summed E-state index contributed by atoms with van der Waals surface area (Å²) in [5.41, 5.74) is 3.82. The number of benzene rings is 3. The molecule has 0 spiro atoms. The predicted octanol–water partition coefficient (Wildman–Crippen LogP) is 4.83. The molecule has 6 rings (SSSR count). The van der Waals surface area contributed by atoms with Crippen molar-refractivity contribution < 1.29 is 42.1 Å². The molecule has 1 atom stereocenters. The zero-order valence-corrected chi connectivity index (χ0v) is 34.0. The van der Waals surface area contributed by atoms with Crippen LogP contribution in [-0.4, -0.2) is 131 Å². The Hall–Kier alpha value is -4.50. The SMILES string of the molecule is CCOC(=O)CN1CCN(NC(=O)C2(c3ccccc3)CCN(CC[C@@]3(c4ccc(F)c(F)c4)CCN(C(=O)c4cc(OC)c(OC)c(OC)c4)C3)CC2)CC1.Cl. The highest BCUT2D eigenvalue weighted by molar-refractivity contribution is 5.96. The average molecular weight is 814 g/mol. The summed E-state index contributed by atoms with van der Waals surface area (Å²) in [7, 11) is 4.48. The number of ether oxygens (including phenoxy) is 4. The highest BCUT2D eigenvalue weighted by Gasteiger charge is 2.46. The summed E-state index contributed by atoms with van der Waals surface area (Å²) in [6, 6.07) is 17.2. The number of piperidine rings is 1. The molecule has 3 saturated heterocycles. The van der Waals surface area contributed by atoms with Crippen molar-refractivity contribution in [2.45, 2.75) is 43.4 Å². The molecule has 3 aliphatic heterocycles. The number of halogens is 3. The van der Waals surface area contributed by atoms with Crippen molar-refractivity contribution in [3.63, 3.8) is 0 Å². The molecular formula is C42H54ClF2N5O7. The number of esters is 1. The smallest absolute Gasteiger partial charge is 0.320 e. The van der Waals surface area contributed by atoms with Crippen molar-refractivity contribution in [3.8, 4) is 17.2 Å². The van der Waals surface area contributed by atoms with Gasteiger partial charge in [-0.25, -0.2) is 13.8 Å². The van der Waals surface area contributed by atoms with Crippen molar-refractivity contribution >= 4 is 30.2 Å². The Balaban J connectivity index is 0.00000620. The summed E-state index contributed by atoms with van der Waals surface area (Å²) >= 11 is 0. The van der Waals surface area contributed by atoms with Gasteiger partial charge in [-0.05, 0) is 87.6 Å². The first-order valence-corrected chi connectivity index (χ1v) is 19.3. The number of hydrazine groups is 1. The third-order valence-electron chi connectivity index (χ3n) is 11.8. The second-order valence-electron chi connectivity index (χ2n) is 14.8. The van der Waals surface area contributed by atoms with E-state index < -0.39 is 22.5 Å². The van der Waals surface area contributed by atoms with E-state index in [1.54, 1.807) is 30.0 Å². The average Bonchev–Trinajstić information content (AvgIpc) is 3.67. The molecule has 0 aromatic heterocycles. The van der Waals surface area contributed by atoms with E-state index in [-0.39, 0.29) is 36.7 Å². The van der Waals surface area contributed by atoms with Gasteiger partial charge in [0.05, 0.1) is 39.9 Å². The van der Waals surface area contributed by atoms with Gasteiger partial charge in [-0.2, -0.15) is 0 Å². The first-order valence-electron chi connectivity index (χ1n) is 19.3. The maximum atomic E-state index is 14.8. The van der Waals surface area contributed by atoms with Gasteiger partial charge in [0.25, 0.3) is 5.91 Å². The van der Waals surface area contributed by atoms with E-state index in [1.165, 1.54) is 27.4 Å². The molecule has 3 aliphatic rings. The number of carbonyl (C=O) groups excluding carboxylic acids is 3. The van der Waals surface area contributed by atoms with E-state index in [2.05, 4.69) is 10.3 Å². The maximum absolute atomic E-state index is 14.8. The number of methoxy groups -OCH3 is 3. The van der Waals surface area contributed by atoms with E-state index >= 15 is 0 Å². The fourth-order valence-corrected chi connectivity index (χ4v) is 8.44. The molecule has 0 radical (unpaired) electrons. The Morgan fingerprint density at radius 3 is 2.02 bits per heavy atom. The van der Waals surface area contributed by atoms with Gasteiger partial charge in [0.15, 0.2) is 23.1 Å². The van der Waals surface area contributed by atoms with Crippen molar-refractivity contribution in [1.82, 2.24) is 25.1 Å². The minimum atomic E-state index is -0.923. The number of hydrogen-bond acceptors (Lipinski definition) is 10. The molecule has 3 fully saturated rings. The number of nitrogens with zero attached hydrogens (tertiary/aromatic N) is 4. The zero-order valence-electron chi connectivity index (χ0n) is 33.2. The normalized spacial score (nSPS) is 20.0. The van der Waals surface area contributed by atoms with E-state index in [4.69, 9.17) is 18.9 Å². The topological polar surface area (TPSA) is 113 Å². The summed E-state index contributed by atoms with van der Waals surface area (Å²) in [5, 5.41) is 1.94. The summed E-state index contributed by atoms with van der Waals surface area (Å²) in [5.74, 6) is -1.26. The van der Waals surface area contributed by atoms with E-state index in [0.29, 0.717) is 120 Å². The van der Waals surface area contributed by atoms with Gasteiger partial charge in [-0.3, -0.25) is 24.7 Å². The van der Waals surface area contributed by atoms with Crippen LogP contribution in [0.3, 0.4) is 0 Å². The quantitative estimate of drug-likeness (QED) is 0.227. The van der Waals surface area contributed by atoms with Gasteiger partial charge in [0, 0.05) is 50.2 Å². The molecule has 3 heterocycles. The molecule has 0 bridgehead atoms. The summed E-state index contributed by atoms with van der Waals surface area (Å²) < 4.78 is 50.5. The van der Waals surface area contributed by atoms with E-state index in [0.717, 1.165) is 11.6 Å². The Kier molecular flexibility index (Phi) is 14.8. The monoisotopic (exact) mass is 813 g/mol. The van der Waals surface area contributed by atoms with Gasteiger partial charge in [0.2, 0.25) is 11.7 Å². The molecule has 1 N–H and O–H groups in total. The van der Waals surface area contributed by atoms with Crippen LogP contribution in [0.1, 0.15) is 54.1 Å². The van der Waals surface area contributed by atoms with Gasteiger partial charge in [-0.1, -0.05) is 36.4 Å². The molecule has 15 heteroatoms. The van der Waals surface area contributed by atoms with Gasteiger partial charge >= 0.3 is 5.97 Å². The van der Waals surface area contributed by atoms with Gasteiger partial charge < -0.3 is 28.7 Å². The van der Waals surface area contributed by atoms with Crippen molar-refractivity contribution in [2.75, 3.05) is 93.4 Å². The minimum Gasteiger partial charge on any atom is -0.493 e. The highest BCUT2D eigenvalue weighted by Crippen LogP contribution is 2.43. The number of hydrogen-bond donors (Lipinski definition) is 1. The fourth-order valence-electron chi connectivity index (χ4n) is 8.44. The number of carbonyl (C=O) groups is 3. The molecule has 3 aromatic rings. The van der Waals surface area contributed by atoms with Crippen LogP contribution in [0.15, 0.2) is 60.7 Å². The molecular weight excluding hydrogens is 760 g/mol. The first-order chi connectivity index (χ1) is 27.0. The Morgan fingerprint density at radius 2 is 1.42 bits per heavy atom. The number of rotatable bonds is 14. The maximum Gasteiger partial charge on any atom is 0.320 e. The molecule has 57 heavy (non-hydrogen) atoms. The largest absolute Gasteiger partial charge is 0.493 e. The third-order valence-corrected chi connectivity index (χ3v) is 11.8. The van der Waals surface area contributed by atoms with Gasteiger partial charge in [-0.15, -0.1) is 12.4 Å². The number of likely N-dealkylation sites (tertiary alicyclic amines) is 2. The van der Waals surface area contributed by atoms with Crippen LogP contribution in [0.4, 0.5) is 8.78 Å². The number of amides is 2. The molecule has 0 unspecified atom stereocenters. The zero-order chi connectivity index (χ0) is 39.9. The fraction of sp³-hybridized carbons (Fsp3) is 0.500. The second kappa shape index (κ2) is 19.3. The van der Waals surface area contributed by atoms with E-state index in [9.17, 15) is 23.2 Å². The lowest BCUT2D eigenvalue weighted by Gasteiger charge is -2.43. The van der Waals surface area contributed by atoms with Crippen LogP contribution >= 0.6 is 12.4 Å². The van der Waals surface area contributed by atoms with Crippen LogP contribution in [-0.2, 0) is 25.2 Å². The number of piperazine rings is 1. The first kappa shape index (κ1) is 43.6. The summed E-state index contributed by atoms with van der Waals surface area (Å²) in [6.45, 7) is 7.49. The highest BCUT2D eigenvalue weighted by atomic mass is 35.5. The Labute approximate surface area is 339 Å². The van der Waals surface area contributed by atoms with E-state index in [1.807, 2.05) is 40.2 Å². The van der Waals surface area contributed by atoms with Crippen LogP contribution in [0.2, 0.25) is 0 Å². The van der Waals surface area contributed by atoms with Crippen LogP contribution in [0.5, 0.6) is 17.2 Å².